The Morgan fingerprint density at radius 3 is 2.61 bits per heavy atom. The van der Waals surface area contributed by atoms with E-state index in [4.69, 9.17) is 4.74 Å². The van der Waals surface area contributed by atoms with Crippen LogP contribution in [0.15, 0.2) is 48.5 Å². The Bertz CT molecular complexity index is 785. The molecule has 23 heavy (non-hydrogen) atoms. The standard InChI is InChI=1S/C18H16N2O3/c1-23-18(22)13-8-6-12(7-9-13)17-14-4-2-3-5-15(14)20-16(21)10-11-19(17)20/h2-9,17H,10-11H2,1H3. The number of ether oxygens (including phenoxy) is 1. The number of rotatable bonds is 2. The van der Waals surface area contributed by atoms with Crippen LogP contribution in [0.3, 0.4) is 0 Å². The lowest BCUT2D eigenvalue weighted by molar-refractivity contribution is -0.117. The molecule has 2 aromatic carbocycles. The summed E-state index contributed by atoms with van der Waals surface area (Å²) >= 11 is 0. The van der Waals surface area contributed by atoms with E-state index in [9.17, 15) is 9.59 Å². The molecule has 2 aromatic rings. The first kappa shape index (κ1) is 14.0. The maximum absolute atomic E-state index is 12.2. The van der Waals surface area contributed by atoms with E-state index >= 15 is 0 Å². The smallest absolute Gasteiger partial charge is 0.337 e. The molecule has 0 aromatic heterocycles. The number of methoxy groups -OCH3 is 1. The SMILES string of the molecule is COC(=O)c1ccc(C2c3ccccc3N3C(=O)CCN23)cc1. The molecule has 0 spiro atoms. The molecule has 0 aliphatic carbocycles. The van der Waals surface area contributed by atoms with Crippen molar-refractivity contribution in [3.63, 3.8) is 0 Å². The van der Waals surface area contributed by atoms with Gasteiger partial charge in [-0.2, -0.15) is 0 Å². The van der Waals surface area contributed by atoms with Gasteiger partial charge in [0.1, 0.15) is 0 Å². The van der Waals surface area contributed by atoms with Crippen LogP contribution in [0.2, 0.25) is 0 Å². The summed E-state index contributed by atoms with van der Waals surface area (Å²) < 4.78 is 4.74. The highest BCUT2D eigenvalue weighted by molar-refractivity contribution is 5.97. The van der Waals surface area contributed by atoms with Gasteiger partial charge in [0.15, 0.2) is 0 Å². The molecule has 5 nitrogen and oxygen atoms in total. The van der Waals surface area contributed by atoms with Crippen molar-refractivity contribution >= 4 is 17.6 Å². The fourth-order valence-corrected chi connectivity index (χ4v) is 3.42. The number of anilines is 1. The molecule has 4 rings (SSSR count). The van der Waals surface area contributed by atoms with Gasteiger partial charge in [-0.05, 0) is 23.8 Å². The number of hydrogen-bond donors (Lipinski definition) is 0. The maximum Gasteiger partial charge on any atom is 0.337 e. The van der Waals surface area contributed by atoms with Gasteiger partial charge in [0.25, 0.3) is 0 Å². The Morgan fingerprint density at radius 1 is 1.13 bits per heavy atom. The molecule has 0 radical (unpaired) electrons. The van der Waals surface area contributed by atoms with Gasteiger partial charge in [0, 0.05) is 18.5 Å². The van der Waals surface area contributed by atoms with Crippen LogP contribution in [0.25, 0.3) is 0 Å². The Balaban J connectivity index is 1.76. The first-order chi connectivity index (χ1) is 11.2. The average Bonchev–Trinajstić information content (AvgIpc) is 3.12. The lowest BCUT2D eigenvalue weighted by Gasteiger charge is -2.25. The van der Waals surface area contributed by atoms with Crippen molar-refractivity contribution in [2.75, 3.05) is 18.7 Å². The zero-order valence-electron chi connectivity index (χ0n) is 12.7. The van der Waals surface area contributed by atoms with E-state index in [0.29, 0.717) is 18.5 Å². The number of nitrogens with zero attached hydrogens (tertiary/aromatic N) is 2. The summed E-state index contributed by atoms with van der Waals surface area (Å²) in [5.74, 6) is -0.215. The number of benzene rings is 2. The van der Waals surface area contributed by atoms with Crippen molar-refractivity contribution in [1.29, 1.82) is 0 Å². The highest BCUT2D eigenvalue weighted by Crippen LogP contribution is 2.45. The molecular weight excluding hydrogens is 292 g/mol. The van der Waals surface area contributed by atoms with Gasteiger partial charge in [-0.3, -0.25) is 4.79 Å². The minimum Gasteiger partial charge on any atom is -0.465 e. The number of carbonyl (C=O) groups is 2. The van der Waals surface area contributed by atoms with Gasteiger partial charge in [-0.25, -0.2) is 14.8 Å². The summed E-state index contributed by atoms with van der Waals surface area (Å²) in [6.45, 7) is 0.705. The summed E-state index contributed by atoms with van der Waals surface area (Å²) in [7, 11) is 1.37. The fourth-order valence-electron chi connectivity index (χ4n) is 3.42. The Labute approximate surface area is 134 Å². The van der Waals surface area contributed by atoms with Crippen LogP contribution in [-0.2, 0) is 9.53 Å². The van der Waals surface area contributed by atoms with E-state index in [1.54, 1.807) is 17.1 Å². The van der Waals surface area contributed by atoms with E-state index in [2.05, 4.69) is 11.1 Å². The van der Waals surface area contributed by atoms with Crippen LogP contribution >= 0.6 is 0 Å². The van der Waals surface area contributed by atoms with Crippen LogP contribution in [0.4, 0.5) is 5.69 Å². The molecule has 1 saturated heterocycles. The Morgan fingerprint density at radius 2 is 1.87 bits per heavy atom. The van der Waals surface area contributed by atoms with E-state index < -0.39 is 0 Å². The van der Waals surface area contributed by atoms with Crippen molar-refractivity contribution in [3.8, 4) is 0 Å². The van der Waals surface area contributed by atoms with Gasteiger partial charge in [-0.1, -0.05) is 30.3 Å². The zero-order valence-corrected chi connectivity index (χ0v) is 12.7. The summed E-state index contributed by atoms with van der Waals surface area (Å²) in [5, 5.41) is 3.88. The molecule has 1 unspecified atom stereocenters. The maximum atomic E-state index is 12.2. The van der Waals surface area contributed by atoms with Crippen molar-refractivity contribution in [2.24, 2.45) is 0 Å². The van der Waals surface area contributed by atoms with E-state index in [-0.39, 0.29) is 17.9 Å². The second kappa shape index (κ2) is 5.21. The Kier molecular flexibility index (Phi) is 3.16. The molecule has 1 amide bonds. The number of fused-ring (bicyclic) bond motifs is 3. The highest BCUT2D eigenvalue weighted by Gasteiger charge is 2.44. The molecular formula is C18H16N2O3. The van der Waals surface area contributed by atoms with Crippen LogP contribution in [-0.4, -0.2) is 30.5 Å². The number of amides is 1. The van der Waals surface area contributed by atoms with Crippen LogP contribution < -0.4 is 5.01 Å². The van der Waals surface area contributed by atoms with Crippen molar-refractivity contribution in [3.05, 3.63) is 65.2 Å². The van der Waals surface area contributed by atoms with Gasteiger partial charge < -0.3 is 4.74 Å². The summed E-state index contributed by atoms with van der Waals surface area (Å²) in [6, 6.07) is 15.4. The summed E-state index contributed by atoms with van der Waals surface area (Å²) in [4.78, 5) is 23.8. The predicted molar refractivity (Wildman–Crippen MR) is 84.9 cm³/mol. The molecule has 0 saturated carbocycles. The second-order valence-corrected chi connectivity index (χ2v) is 5.69. The molecule has 5 heteroatoms. The van der Waals surface area contributed by atoms with Gasteiger partial charge in [0.05, 0.1) is 24.4 Å². The molecule has 116 valence electrons. The molecule has 0 N–H and O–H groups in total. The first-order valence-electron chi connectivity index (χ1n) is 7.57. The molecule has 2 heterocycles. The largest absolute Gasteiger partial charge is 0.465 e. The number of para-hydroxylation sites is 1. The molecule has 2 aliphatic rings. The second-order valence-electron chi connectivity index (χ2n) is 5.69. The normalized spacial score (nSPS) is 19.6. The number of hydrazine groups is 1. The average molecular weight is 308 g/mol. The monoisotopic (exact) mass is 308 g/mol. The Hall–Kier alpha value is -2.66. The van der Waals surface area contributed by atoms with Crippen molar-refractivity contribution in [1.82, 2.24) is 5.01 Å². The fraction of sp³-hybridized carbons (Fsp3) is 0.222. The number of hydrogen-bond acceptors (Lipinski definition) is 4. The van der Waals surface area contributed by atoms with Gasteiger partial charge in [-0.15, -0.1) is 0 Å². The molecule has 2 aliphatic heterocycles. The van der Waals surface area contributed by atoms with Crippen molar-refractivity contribution in [2.45, 2.75) is 12.5 Å². The van der Waals surface area contributed by atoms with Crippen LogP contribution in [0.1, 0.15) is 33.9 Å². The third kappa shape index (κ3) is 2.04. The van der Waals surface area contributed by atoms with E-state index in [0.717, 1.165) is 16.8 Å². The van der Waals surface area contributed by atoms with Crippen LogP contribution in [0, 0.1) is 0 Å². The third-order valence-corrected chi connectivity index (χ3v) is 4.45. The lowest BCUT2D eigenvalue weighted by Crippen LogP contribution is -2.35. The zero-order chi connectivity index (χ0) is 16.0. The van der Waals surface area contributed by atoms with E-state index in [1.807, 2.05) is 30.3 Å². The van der Waals surface area contributed by atoms with E-state index in [1.165, 1.54) is 7.11 Å². The number of carbonyl (C=O) groups excluding carboxylic acids is 2. The van der Waals surface area contributed by atoms with Gasteiger partial charge in [0.2, 0.25) is 5.91 Å². The van der Waals surface area contributed by atoms with Crippen molar-refractivity contribution < 1.29 is 14.3 Å². The lowest BCUT2D eigenvalue weighted by atomic mass is 9.97. The summed E-state index contributed by atoms with van der Waals surface area (Å²) in [5.41, 5.74) is 3.66. The third-order valence-electron chi connectivity index (χ3n) is 4.45. The van der Waals surface area contributed by atoms with Crippen LogP contribution in [0.5, 0.6) is 0 Å². The summed E-state index contributed by atoms with van der Waals surface area (Å²) in [6.07, 6.45) is 0.533. The topological polar surface area (TPSA) is 49.9 Å². The first-order valence-corrected chi connectivity index (χ1v) is 7.57. The number of esters is 1. The molecule has 1 fully saturated rings. The molecule has 0 bridgehead atoms. The highest BCUT2D eigenvalue weighted by atomic mass is 16.5. The van der Waals surface area contributed by atoms with Gasteiger partial charge >= 0.3 is 5.97 Å². The predicted octanol–water partition coefficient (Wildman–Crippen LogP) is 2.53. The molecule has 1 atom stereocenters. The minimum atomic E-state index is -0.346. The minimum absolute atomic E-state index is 0.00402. The quantitative estimate of drug-likeness (QED) is 0.800.